The van der Waals surface area contributed by atoms with Crippen LogP contribution in [0.25, 0.3) is 0 Å². The number of halogens is 1. The molecule has 100 valence electrons. The normalized spacial score (nSPS) is 10.5. The van der Waals surface area contributed by atoms with Crippen LogP contribution in [0, 0.1) is 24.0 Å². The smallest absolute Gasteiger partial charge is 0.288 e. The molecule has 0 amide bonds. The molecule has 1 N–H and O–H groups in total. The lowest BCUT2D eigenvalue weighted by molar-refractivity contribution is -0.384. The topological polar surface area (TPSA) is 55.2 Å². The zero-order chi connectivity index (χ0) is 14.0. The summed E-state index contributed by atoms with van der Waals surface area (Å²) in [6.45, 7) is 4.58. The molecule has 0 saturated heterocycles. The van der Waals surface area contributed by atoms with Crippen LogP contribution in [0.5, 0.6) is 0 Å². The molecule has 2 rings (SSSR count). The molecule has 0 aliphatic carbocycles. The first-order chi connectivity index (χ1) is 8.99. The second kappa shape index (κ2) is 5.59. The number of anilines is 1. The first-order valence-corrected chi connectivity index (χ1v) is 6.96. The van der Waals surface area contributed by atoms with Crippen molar-refractivity contribution >= 4 is 34.3 Å². The molecule has 0 spiro atoms. The molecule has 2 aromatic rings. The summed E-state index contributed by atoms with van der Waals surface area (Å²) < 4.78 is 0. The Morgan fingerprint density at radius 2 is 2.11 bits per heavy atom. The molecule has 19 heavy (non-hydrogen) atoms. The minimum atomic E-state index is -0.470. The first-order valence-electron chi connectivity index (χ1n) is 5.70. The van der Waals surface area contributed by atoms with E-state index in [1.807, 2.05) is 12.3 Å². The molecule has 0 bridgehead atoms. The lowest BCUT2D eigenvalue weighted by atomic mass is 10.1. The van der Waals surface area contributed by atoms with Crippen molar-refractivity contribution in [3.63, 3.8) is 0 Å². The van der Waals surface area contributed by atoms with Gasteiger partial charge >= 0.3 is 0 Å². The molecule has 0 aliphatic heterocycles. The van der Waals surface area contributed by atoms with Gasteiger partial charge in [-0.1, -0.05) is 11.6 Å². The van der Waals surface area contributed by atoms with Crippen LogP contribution in [0.4, 0.5) is 11.4 Å². The Morgan fingerprint density at radius 1 is 1.37 bits per heavy atom. The fraction of sp³-hybridized carbons (Fsp3) is 0.231. The Bertz CT molecular complexity index is 625. The highest BCUT2D eigenvalue weighted by molar-refractivity contribution is 7.10. The van der Waals surface area contributed by atoms with Crippen molar-refractivity contribution in [2.75, 3.05) is 5.32 Å². The summed E-state index contributed by atoms with van der Waals surface area (Å²) in [5, 5.41) is 16.2. The minimum absolute atomic E-state index is 0.0583. The number of nitrogens with zero attached hydrogens (tertiary/aromatic N) is 1. The van der Waals surface area contributed by atoms with E-state index < -0.39 is 4.92 Å². The average Bonchev–Trinajstić information content (AvgIpc) is 2.75. The van der Waals surface area contributed by atoms with Crippen LogP contribution < -0.4 is 5.32 Å². The summed E-state index contributed by atoms with van der Waals surface area (Å²) in [5.41, 5.74) is 2.81. The van der Waals surface area contributed by atoms with Crippen molar-refractivity contribution < 1.29 is 4.92 Å². The van der Waals surface area contributed by atoms with E-state index in [1.165, 1.54) is 16.5 Å². The number of rotatable bonds is 4. The molecule has 1 heterocycles. The summed E-state index contributed by atoms with van der Waals surface area (Å²) in [7, 11) is 0. The number of hydrogen-bond donors (Lipinski definition) is 1. The average molecular weight is 297 g/mol. The standard InChI is InChI=1S/C13H13ClN2O2S/c1-8-3-4-19-13(8)7-15-11-6-10(14)12(16(17)18)5-9(11)2/h3-6,15H,7H2,1-2H3. The fourth-order valence-corrected chi connectivity index (χ4v) is 2.84. The third kappa shape index (κ3) is 3.05. The number of thiophene rings is 1. The van der Waals surface area contributed by atoms with Gasteiger partial charge in [-0.2, -0.15) is 0 Å². The molecule has 0 saturated carbocycles. The van der Waals surface area contributed by atoms with E-state index in [0.29, 0.717) is 6.54 Å². The summed E-state index contributed by atoms with van der Waals surface area (Å²) >= 11 is 7.59. The van der Waals surface area contributed by atoms with Gasteiger partial charge in [0.1, 0.15) is 5.02 Å². The van der Waals surface area contributed by atoms with Crippen LogP contribution in [0.15, 0.2) is 23.6 Å². The van der Waals surface area contributed by atoms with Gasteiger partial charge in [-0.05, 0) is 42.5 Å². The number of hydrogen-bond acceptors (Lipinski definition) is 4. The van der Waals surface area contributed by atoms with Crippen molar-refractivity contribution in [3.8, 4) is 0 Å². The maximum Gasteiger partial charge on any atom is 0.288 e. The Hall–Kier alpha value is -1.59. The molecule has 0 fully saturated rings. The summed E-state index contributed by atoms with van der Waals surface area (Å²) in [6, 6.07) is 5.17. The van der Waals surface area contributed by atoms with E-state index in [2.05, 4.69) is 18.3 Å². The summed E-state index contributed by atoms with van der Waals surface area (Å²) in [4.78, 5) is 11.6. The van der Waals surface area contributed by atoms with Gasteiger partial charge in [0.25, 0.3) is 5.69 Å². The SMILES string of the molecule is Cc1cc([N+](=O)[O-])c(Cl)cc1NCc1sccc1C. The van der Waals surface area contributed by atoms with Gasteiger partial charge in [0.05, 0.1) is 4.92 Å². The highest BCUT2D eigenvalue weighted by Crippen LogP contribution is 2.31. The maximum absolute atomic E-state index is 10.8. The second-order valence-corrected chi connectivity index (χ2v) is 5.66. The van der Waals surface area contributed by atoms with E-state index in [-0.39, 0.29) is 10.7 Å². The Morgan fingerprint density at radius 3 is 2.68 bits per heavy atom. The Balaban J connectivity index is 2.20. The predicted molar refractivity (Wildman–Crippen MR) is 79.2 cm³/mol. The van der Waals surface area contributed by atoms with Gasteiger partial charge in [0.15, 0.2) is 0 Å². The van der Waals surface area contributed by atoms with Gasteiger partial charge in [-0.3, -0.25) is 10.1 Å². The quantitative estimate of drug-likeness (QED) is 0.665. The summed E-state index contributed by atoms with van der Waals surface area (Å²) in [5.74, 6) is 0. The molecular weight excluding hydrogens is 284 g/mol. The van der Waals surface area contributed by atoms with Gasteiger partial charge in [-0.15, -0.1) is 11.3 Å². The molecular formula is C13H13ClN2O2S. The first kappa shape index (κ1) is 13.8. The van der Waals surface area contributed by atoms with Crippen molar-refractivity contribution in [1.82, 2.24) is 0 Å². The van der Waals surface area contributed by atoms with Crippen LogP contribution in [-0.2, 0) is 6.54 Å². The Labute approximate surface area is 120 Å². The second-order valence-electron chi connectivity index (χ2n) is 4.26. The third-order valence-electron chi connectivity index (χ3n) is 2.90. The molecule has 4 nitrogen and oxygen atoms in total. The number of nitrogens with one attached hydrogen (secondary N) is 1. The van der Waals surface area contributed by atoms with Gasteiger partial charge < -0.3 is 5.32 Å². The van der Waals surface area contributed by atoms with Crippen molar-refractivity contribution in [2.45, 2.75) is 20.4 Å². The van der Waals surface area contributed by atoms with Crippen LogP contribution in [0.1, 0.15) is 16.0 Å². The van der Waals surface area contributed by atoms with Crippen LogP contribution in [0.2, 0.25) is 5.02 Å². The molecule has 1 aromatic heterocycles. The zero-order valence-electron chi connectivity index (χ0n) is 10.6. The Kier molecular flexibility index (Phi) is 4.07. The van der Waals surface area contributed by atoms with Crippen molar-refractivity contribution in [1.29, 1.82) is 0 Å². The lowest BCUT2D eigenvalue weighted by Crippen LogP contribution is -2.01. The van der Waals surface area contributed by atoms with Crippen molar-refractivity contribution in [2.24, 2.45) is 0 Å². The molecule has 0 unspecified atom stereocenters. The third-order valence-corrected chi connectivity index (χ3v) is 4.22. The minimum Gasteiger partial charge on any atom is -0.380 e. The van der Waals surface area contributed by atoms with E-state index in [0.717, 1.165) is 11.3 Å². The molecule has 1 aromatic carbocycles. The van der Waals surface area contributed by atoms with Crippen LogP contribution >= 0.6 is 22.9 Å². The van der Waals surface area contributed by atoms with E-state index in [4.69, 9.17) is 11.6 Å². The van der Waals surface area contributed by atoms with Gasteiger partial charge in [0.2, 0.25) is 0 Å². The largest absolute Gasteiger partial charge is 0.380 e. The maximum atomic E-state index is 10.8. The van der Waals surface area contributed by atoms with E-state index >= 15 is 0 Å². The highest BCUT2D eigenvalue weighted by Gasteiger charge is 2.15. The van der Waals surface area contributed by atoms with Crippen LogP contribution in [0.3, 0.4) is 0 Å². The molecule has 0 aliphatic rings. The molecule has 0 radical (unpaired) electrons. The van der Waals surface area contributed by atoms with Gasteiger partial charge in [0, 0.05) is 23.2 Å². The monoisotopic (exact) mass is 296 g/mol. The lowest BCUT2D eigenvalue weighted by Gasteiger charge is -2.10. The van der Waals surface area contributed by atoms with Crippen molar-refractivity contribution in [3.05, 3.63) is 54.7 Å². The number of nitro groups is 1. The van der Waals surface area contributed by atoms with E-state index in [1.54, 1.807) is 17.4 Å². The number of benzene rings is 1. The number of nitro benzene ring substituents is 1. The highest BCUT2D eigenvalue weighted by atomic mass is 35.5. The predicted octanol–water partition coefficient (Wildman–Crippen LogP) is 4.54. The van der Waals surface area contributed by atoms with Crippen LogP contribution in [-0.4, -0.2) is 4.92 Å². The number of aryl methyl sites for hydroxylation is 2. The molecule has 0 atom stereocenters. The summed E-state index contributed by atoms with van der Waals surface area (Å²) in [6.07, 6.45) is 0. The zero-order valence-corrected chi connectivity index (χ0v) is 12.1. The fourth-order valence-electron chi connectivity index (χ4n) is 1.76. The van der Waals surface area contributed by atoms with E-state index in [9.17, 15) is 10.1 Å². The molecule has 6 heteroatoms. The van der Waals surface area contributed by atoms with Gasteiger partial charge in [-0.25, -0.2) is 0 Å².